The van der Waals surface area contributed by atoms with E-state index in [-0.39, 0.29) is 11.7 Å². The first-order chi connectivity index (χ1) is 8.90. The smallest absolute Gasteiger partial charge is 0.427 e. The van der Waals surface area contributed by atoms with Crippen molar-refractivity contribution in [2.75, 3.05) is 0 Å². The maximum absolute atomic E-state index is 11.0. The lowest BCUT2D eigenvalue weighted by Gasteiger charge is -2.08. The van der Waals surface area contributed by atoms with E-state index in [1.807, 2.05) is 19.1 Å². The van der Waals surface area contributed by atoms with Crippen molar-refractivity contribution in [3.8, 4) is 11.6 Å². The first kappa shape index (κ1) is 13.5. The van der Waals surface area contributed by atoms with E-state index >= 15 is 0 Å². The second-order valence-corrected chi connectivity index (χ2v) is 5.03. The molecular formula is C12H12BrN3O3. The first-order valence-electron chi connectivity index (χ1n) is 5.52. The number of hydrogen-bond donors (Lipinski definition) is 0. The van der Waals surface area contributed by atoms with Crippen LogP contribution in [0.1, 0.15) is 11.4 Å². The average Bonchev–Trinajstić information content (AvgIpc) is 2.61. The van der Waals surface area contributed by atoms with Crippen LogP contribution >= 0.6 is 15.9 Å². The van der Waals surface area contributed by atoms with Crippen molar-refractivity contribution < 1.29 is 9.66 Å². The number of ether oxygens (including phenoxy) is 1. The van der Waals surface area contributed by atoms with Crippen molar-refractivity contribution in [2.24, 2.45) is 7.05 Å². The SMILES string of the molecule is Cc1cc(Br)ccc1Oc1c([N+](=O)[O-])nc(C)n1C. The van der Waals surface area contributed by atoms with Crippen molar-refractivity contribution in [1.82, 2.24) is 9.55 Å². The van der Waals surface area contributed by atoms with Crippen LogP contribution in [0, 0.1) is 24.0 Å². The van der Waals surface area contributed by atoms with Crippen LogP contribution in [-0.4, -0.2) is 14.5 Å². The lowest BCUT2D eigenvalue weighted by Crippen LogP contribution is -1.98. The van der Waals surface area contributed by atoms with E-state index in [0.717, 1.165) is 10.0 Å². The van der Waals surface area contributed by atoms with Crippen LogP contribution in [0.4, 0.5) is 5.82 Å². The maximum atomic E-state index is 11.0. The summed E-state index contributed by atoms with van der Waals surface area (Å²) in [7, 11) is 1.68. The van der Waals surface area contributed by atoms with Gasteiger partial charge in [0.1, 0.15) is 5.75 Å². The number of nitro groups is 1. The molecule has 7 heteroatoms. The number of benzene rings is 1. The van der Waals surface area contributed by atoms with Crippen LogP contribution in [0.25, 0.3) is 0 Å². The summed E-state index contributed by atoms with van der Waals surface area (Å²) < 4.78 is 8.13. The second kappa shape index (κ2) is 5.00. The number of imidazole rings is 1. The van der Waals surface area contributed by atoms with E-state index in [2.05, 4.69) is 20.9 Å². The van der Waals surface area contributed by atoms with Gasteiger partial charge in [-0.1, -0.05) is 15.9 Å². The average molecular weight is 326 g/mol. The molecule has 0 amide bonds. The highest BCUT2D eigenvalue weighted by Crippen LogP contribution is 2.33. The van der Waals surface area contributed by atoms with E-state index in [9.17, 15) is 10.1 Å². The van der Waals surface area contributed by atoms with Crippen LogP contribution in [0.2, 0.25) is 0 Å². The van der Waals surface area contributed by atoms with Crippen LogP contribution < -0.4 is 4.74 Å². The molecule has 0 unspecified atom stereocenters. The normalized spacial score (nSPS) is 10.5. The number of rotatable bonds is 3. The molecule has 0 aliphatic rings. The molecule has 6 nitrogen and oxygen atoms in total. The molecule has 100 valence electrons. The van der Waals surface area contributed by atoms with Crippen molar-refractivity contribution in [3.05, 3.63) is 44.2 Å². The van der Waals surface area contributed by atoms with Crippen molar-refractivity contribution >= 4 is 21.7 Å². The minimum Gasteiger partial charge on any atom is -0.433 e. The Balaban J connectivity index is 2.46. The Bertz CT molecular complexity index is 652. The number of hydrogen-bond acceptors (Lipinski definition) is 4. The lowest BCUT2D eigenvalue weighted by atomic mass is 10.2. The number of nitrogens with zero attached hydrogens (tertiary/aromatic N) is 3. The highest BCUT2D eigenvalue weighted by atomic mass is 79.9. The van der Waals surface area contributed by atoms with Crippen molar-refractivity contribution in [1.29, 1.82) is 0 Å². The van der Waals surface area contributed by atoms with Gasteiger partial charge in [-0.05, 0) is 40.6 Å². The van der Waals surface area contributed by atoms with Gasteiger partial charge in [-0.3, -0.25) is 4.57 Å². The van der Waals surface area contributed by atoms with Gasteiger partial charge in [0.15, 0.2) is 0 Å². The molecule has 0 aliphatic heterocycles. The second-order valence-electron chi connectivity index (χ2n) is 4.12. The fraction of sp³-hybridized carbons (Fsp3) is 0.250. The minimum atomic E-state index is -0.545. The molecule has 0 atom stereocenters. The Kier molecular flexibility index (Phi) is 3.57. The van der Waals surface area contributed by atoms with Gasteiger partial charge < -0.3 is 14.9 Å². The Morgan fingerprint density at radius 1 is 1.42 bits per heavy atom. The summed E-state index contributed by atoms with van der Waals surface area (Å²) in [5.74, 6) is 0.945. The molecular weight excluding hydrogens is 314 g/mol. The van der Waals surface area contributed by atoms with Gasteiger partial charge in [-0.15, -0.1) is 0 Å². The molecule has 0 N–H and O–H groups in total. The minimum absolute atomic E-state index is 0.132. The Morgan fingerprint density at radius 3 is 2.68 bits per heavy atom. The van der Waals surface area contributed by atoms with Crippen molar-refractivity contribution in [3.63, 3.8) is 0 Å². The summed E-state index contributed by atoms with van der Waals surface area (Å²) in [5, 5.41) is 11.0. The van der Waals surface area contributed by atoms with Gasteiger partial charge in [-0.25, -0.2) is 0 Å². The van der Waals surface area contributed by atoms with Gasteiger partial charge in [-0.2, -0.15) is 0 Å². The third kappa shape index (κ3) is 2.60. The van der Waals surface area contributed by atoms with Gasteiger partial charge in [0.25, 0.3) is 0 Å². The number of aryl methyl sites for hydroxylation is 2. The number of aromatic nitrogens is 2. The summed E-state index contributed by atoms with van der Waals surface area (Å²) in [6.45, 7) is 3.56. The zero-order valence-electron chi connectivity index (χ0n) is 10.7. The van der Waals surface area contributed by atoms with E-state index in [1.54, 1.807) is 24.6 Å². The summed E-state index contributed by atoms with van der Waals surface area (Å²) in [6.07, 6.45) is 0. The van der Waals surface area contributed by atoms with Crippen molar-refractivity contribution in [2.45, 2.75) is 13.8 Å². The molecule has 0 fully saturated rings. The van der Waals surface area contributed by atoms with Crippen LogP contribution in [0.15, 0.2) is 22.7 Å². The van der Waals surface area contributed by atoms with Gasteiger partial charge in [0.2, 0.25) is 5.82 Å². The molecule has 2 rings (SSSR count). The zero-order valence-corrected chi connectivity index (χ0v) is 12.3. The van der Waals surface area contributed by atoms with Gasteiger partial charge in [0, 0.05) is 18.4 Å². The molecule has 0 radical (unpaired) electrons. The monoisotopic (exact) mass is 325 g/mol. The molecule has 0 saturated heterocycles. The molecule has 0 bridgehead atoms. The first-order valence-corrected chi connectivity index (χ1v) is 6.31. The summed E-state index contributed by atoms with van der Waals surface area (Å²) in [5.41, 5.74) is 0.877. The molecule has 2 aromatic rings. The zero-order chi connectivity index (χ0) is 14.2. The fourth-order valence-electron chi connectivity index (χ4n) is 1.64. The van der Waals surface area contributed by atoms with E-state index in [4.69, 9.17) is 4.74 Å². The third-order valence-electron chi connectivity index (χ3n) is 2.77. The highest BCUT2D eigenvalue weighted by Gasteiger charge is 2.26. The lowest BCUT2D eigenvalue weighted by molar-refractivity contribution is -0.390. The predicted molar refractivity (Wildman–Crippen MR) is 73.6 cm³/mol. The van der Waals surface area contributed by atoms with Crippen LogP contribution in [0.5, 0.6) is 11.6 Å². The molecule has 0 aliphatic carbocycles. The Hall–Kier alpha value is -1.89. The standard InChI is InChI=1S/C12H12BrN3O3/c1-7-6-9(13)4-5-10(7)19-12-11(16(17)18)14-8(2)15(12)3/h4-6H,1-3H3. The summed E-state index contributed by atoms with van der Waals surface area (Å²) in [6, 6.07) is 5.45. The number of halogens is 1. The van der Waals surface area contributed by atoms with Crippen LogP contribution in [0.3, 0.4) is 0 Å². The Labute approximate surface area is 118 Å². The predicted octanol–water partition coefficient (Wildman–Crippen LogP) is 3.50. The maximum Gasteiger partial charge on any atom is 0.427 e. The molecule has 1 aromatic heterocycles. The largest absolute Gasteiger partial charge is 0.433 e. The summed E-state index contributed by atoms with van der Waals surface area (Å²) in [4.78, 5) is 14.3. The molecule has 1 aromatic carbocycles. The van der Waals surface area contributed by atoms with E-state index < -0.39 is 4.92 Å². The highest BCUT2D eigenvalue weighted by molar-refractivity contribution is 9.10. The molecule has 0 spiro atoms. The molecule has 1 heterocycles. The van der Waals surface area contributed by atoms with E-state index in [0.29, 0.717) is 11.6 Å². The third-order valence-corrected chi connectivity index (χ3v) is 3.26. The fourth-order valence-corrected chi connectivity index (χ4v) is 2.11. The Morgan fingerprint density at radius 2 is 2.11 bits per heavy atom. The molecule has 0 saturated carbocycles. The molecule has 19 heavy (non-hydrogen) atoms. The van der Waals surface area contributed by atoms with Crippen LogP contribution in [-0.2, 0) is 7.05 Å². The quantitative estimate of drug-likeness (QED) is 0.639. The van der Waals surface area contributed by atoms with E-state index in [1.165, 1.54) is 0 Å². The summed E-state index contributed by atoms with van der Waals surface area (Å²) >= 11 is 3.36. The van der Waals surface area contributed by atoms with Gasteiger partial charge in [0.05, 0.1) is 0 Å². The van der Waals surface area contributed by atoms with Gasteiger partial charge >= 0.3 is 11.7 Å². The topological polar surface area (TPSA) is 70.2 Å².